The Balaban J connectivity index is 0.00000544. The van der Waals surface area contributed by atoms with E-state index in [9.17, 15) is 22.6 Å². The van der Waals surface area contributed by atoms with Crippen LogP contribution in [-0.2, 0) is 42.0 Å². The van der Waals surface area contributed by atoms with E-state index >= 15 is 0 Å². The van der Waals surface area contributed by atoms with Crippen LogP contribution in [0.5, 0.6) is 0 Å². The summed E-state index contributed by atoms with van der Waals surface area (Å²) in [5.74, 6) is -2.01. The Kier molecular flexibility index (Phi) is 14.2. The SMILES string of the molecule is O=C(CC(C(=O)OCCCCc1ccccc1)S(=O)(=O)O)OCCCCc1ccccc1.[NaH]. The summed E-state index contributed by atoms with van der Waals surface area (Å²) < 4.78 is 42.5. The maximum absolute atomic E-state index is 12.1. The quantitative estimate of drug-likeness (QED) is 0.189. The summed E-state index contributed by atoms with van der Waals surface area (Å²) >= 11 is 0. The van der Waals surface area contributed by atoms with Gasteiger partial charge in [0, 0.05) is 0 Å². The molecule has 0 spiro atoms. The first-order valence-corrected chi connectivity index (χ1v) is 12.2. The minimum absolute atomic E-state index is 0. The molecule has 0 amide bonds. The van der Waals surface area contributed by atoms with Crippen LogP contribution in [0.15, 0.2) is 60.7 Å². The van der Waals surface area contributed by atoms with Crippen molar-refractivity contribution in [3.05, 3.63) is 71.8 Å². The molecule has 2 rings (SSSR count). The Morgan fingerprint density at radius 3 is 1.67 bits per heavy atom. The normalized spacial score (nSPS) is 11.8. The van der Waals surface area contributed by atoms with Gasteiger partial charge in [-0.25, -0.2) is 0 Å². The number of esters is 2. The zero-order valence-corrected chi connectivity index (χ0v) is 18.8. The summed E-state index contributed by atoms with van der Waals surface area (Å²) in [6.45, 7) is 0.116. The first kappa shape index (κ1) is 29.3. The van der Waals surface area contributed by atoms with Crippen molar-refractivity contribution in [1.29, 1.82) is 0 Å². The molecule has 0 aliphatic carbocycles. The van der Waals surface area contributed by atoms with Crippen molar-refractivity contribution in [3.8, 4) is 0 Å². The fourth-order valence-corrected chi connectivity index (χ4v) is 3.78. The number of hydrogen-bond donors (Lipinski definition) is 1. The molecule has 0 saturated heterocycles. The fraction of sp³-hybridized carbons (Fsp3) is 0.417. The number of unbranched alkanes of at least 4 members (excludes halogenated alkanes) is 2. The van der Waals surface area contributed by atoms with E-state index in [1.165, 1.54) is 5.56 Å². The summed E-state index contributed by atoms with van der Waals surface area (Å²) in [5, 5.41) is -1.98. The van der Waals surface area contributed by atoms with E-state index < -0.39 is 33.7 Å². The minimum atomic E-state index is -4.79. The Labute approximate surface area is 217 Å². The van der Waals surface area contributed by atoms with Crippen molar-refractivity contribution in [3.63, 3.8) is 0 Å². The molecule has 0 heterocycles. The van der Waals surface area contributed by atoms with Gasteiger partial charge in [0.15, 0.2) is 5.25 Å². The Morgan fingerprint density at radius 2 is 1.21 bits per heavy atom. The van der Waals surface area contributed by atoms with Crippen molar-refractivity contribution >= 4 is 51.6 Å². The molecule has 2 aromatic carbocycles. The Hall–Kier alpha value is -1.71. The van der Waals surface area contributed by atoms with Crippen molar-refractivity contribution < 1.29 is 32.0 Å². The number of rotatable bonds is 14. The average Bonchev–Trinajstić information content (AvgIpc) is 2.77. The van der Waals surface area contributed by atoms with E-state index in [4.69, 9.17) is 9.47 Å². The van der Waals surface area contributed by atoms with Gasteiger partial charge >= 0.3 is 41.5 Å². The third kappa shape index (κ3) is 12.4. The molecule has 0 saturated carbocycles. The van der Waals surface area contributed by atoms with Gasteiger partial charge in [0.1, 0.15) is 0 Å². The molecule has 176 valence electrons. The molecule has 0 radical (unpaired) electrons. The van der Waals surface area contributed by atoms with E-state index in [1.807, 2.05) is 60.7 Å². The van der Waals surface area contributed by atoms with Crippen LogP contribution >= 0.6 is 0 Å². The van der Waals surface area contributed by atoms with Gasteiger partial charge in [0.05, 0.1) is 19.6 Å². The number of carbonyl (C=O) groups is 2. The standard InChI is InChI=1S/C24H30O7S.Na.H/c25-23(30-17-9-7-15-20-11-3-1-4-12-20)19-22(32(27,28)29)24(26)31-18-10-8-16-21-13-5-2-6-14-21;;/h1-6,11-14,22H,7-10,15-19H2,(H,27,28,29);;. The molecule has 0 fully saturated rings. The van der Waals surface area contributed by atoms with E-state index in [0.29, 0.717) is 12.8 Å². The van der Waals surface area contributed by atoms with E-state index in [0.717, 1.165) is 31.2 Å². The number of aryl methyl sites for hydroxylation is 2. The van der Waals surface area contributed by atoms with Crippen molar-refractivity contribution in [2.75, 3.05) is 13.2 Å². The average molecular weight is 487 g/mol. The van der Waals surface area contributed by atoms with Gasteiger partial charge in [-0.2, -0.15) is 8.42 Å². The topological polar surface area (TPSA) is 107 Å². The zero-order valence-electron chi connectivity index (χ0n) is 18.0. The predicted molar refractivity (Wildman–Crippen MR) is 128 cm³/mol. The van der Waals surface area contributed by atoms with Crippen LogP contribution in [0.4, 0.5) is 0 Å². The summed E-state index contributed by atoms with van der Waals surface area (Å²) in [6.07, 6.45) is 3.54. The Bertz CT molecular complexity index is 934. The van der Waals surface area contributed by atoms with Crippen LogP contribution in [0.3, 0.4) is 0 Å². The molecule has 1 atom stereocenters. The van der Waals surface area contributed by atoms with Crippen molar-refractivity contribution in [1.82, 2.24) is 0 Å². The summed E-state index contributed by atoms with van der Waals surface area (Å²) in [5.41, 5.74) is 2.33. The molecule has 33 heavy (non-hydrogen) atoms. The predicted octanol–water partition coefficient (Wildman–Crippen LogP) is 3.12. The zero-order chi connectivity index (χ0) is 23.2. The van der Waals surface area contributed by atoms with Gasteiger partial charge < -0.3 is 9.47 Å². The van der Waals surface area contributed by atoms with Crippen LogP contribution in [0.25, 0.3) is 0 Å². The molecule has 0 bridgehead atoms. The summed E-state index contributed by atoms with van der Waals surface area (Å²) in [7, 11) is -4.79. The molecule has 7 nitrogen and oxygen atoms in total. The van der Waals surface area contributed by atoms with Crippen LogP contribution in [0.2, 0.25) is 0 Å². The molecular weight excluding hydrogens is 455 g/mol. The van der Waals surface area contributed by atoms with Gasteiger partial charge in [-0.3, -0.25) is 14.1 Å². The Morgan fingerprint density at radius 1 is 0.758 bits per heavy atom. The van der Waals surface area contributed by atoms with Gasteiger partial charge in [0.25, 0.3) is 10.1 Å². The van der Waals surface area contributed by atoms with Crippen LogP contribution < -0.4 is 0 Å². The third-order valence-electron chi connectivity index (χ3n) is 4.89. The first-order chi connectivity index (χ1) is 15.4. The number of carbonyl (C=O) groups excluding carboxylic acids is 2. The molecule has 2 aromatic rings. The van der Waals surface area contributed by atoms with Crippen molar-refractivity contribution in [2.24, 2.45) is 0 Å². The maximum atomic E-state index is 12.1. The molecule has 0 aromatic heterocycles. The summed E-state index contributed by atoms with van der Waals surface area (Å²) in [6, 6.07) is 19.7. The molecule has 9 heteroatoms. The number of hydrogen-bond acceptors (Lipinski definition) is 6. The van der Waals surface area contributed by atoms with E-state index in [1.54, 1.807) is 0 Å². The molecular formula is C24H31NaO7S. The van der Waals surface area contributed by atoms with Gasteiger partial charge in [0.2, 0.25) is 0 Å². The van der Waals surface area contributed by atoms with Crippen LogP contribution in [0.1, 0.15) is 43.2 Å². The number of benzene rings is 2. The van der Waals surface area contributed by atoms with Crippen LogP contribution in [0, 0.1) is 0 Å². The number of ether oxygens (including phenoxy) is 2. The molecule has 1 unspecified atom stereocenters. The molecule has 1 N–H and O–H groups in total. The molecule has 0 aliphatic heterocycles. The van der Waals surface area contributed by atoms with Gasteiger partial charge in [-0.15, -0.1) is 0 Å². The monoisotopic (exact) mass is 486 g/mol. The van der Waals surface area contributed by atoms with Gasteiger partial charge in [-0.05, 0) is 49.7 Å². The third-order valence-corrected chi connectivity index (χ3v) is 5.97. The first-order valence-electron chi connectivity index (χ1n) is 10.7. The van der Waals surface area contributed by atoms with Crippen LogP contribution in [-0.4, -0.2) is 72.9 Å². The van der Waals surface area contributed by atoms with Gasteiger partial charge in [-0.1, -0.05) is 60.7 Å². The second-order valence-corrected chi connectivity index (χ2v) is 9.08. The molecule has 0 aliphatic rings. The van der Waals surface area contributed by atoms with Crippen molar-refractivity contribution in [2.45, 2.75) is 50.2 Å². The van der Waals surface area contributed by atoms with E-state index in [-0.39, 0.29) is 42.8 Å². The second kappa shape index (κ2) is 16.0. The van der Waals surface area contributed by atoms with E-state index in [2.05, 4.69) is 0 Å². The fourth-order valence-electron chi connectivity index (χ4n) is 3.12. The summed E-state index contributed by atoms with van der Waals surface area (Å²) in [4.78, 5) is 24.1. The second-order valence-electron chi connectivity index (χ2n) is 7.48.